The summed E-state index contributed by atoms with van der Waals surface area (Å²) in [7, 11) is -3.45. The van der Waals surface area contributed by atoms with Gasteiger partial charge in [-0.05, 0) is 17.7 Å². The molecule has 0 amide bonds. The molecule has 1 aromatic rings. The number of epoxide rings is 1. The molecule has 0 aliphatic carbocycles. The van der Waals surface area contributed by atoms with Crippen molar-refractivity contribution in [2.24, 2.45) is 0 Å². The topological polar surface area (TPSA) is 58.7 Å². The van der Waals surface area contributed by atoms with Gasteiger partial charge in [0, 0.05) is 0 Å². The summed E-state index contributed by atoms with van der Waals surface area (Å²) in [6, 6.07) is 4.26. The molecule has 0 radical (unpaired) electrons. The van der Waals surface area contributed by atoms with E-state index in [4.69, 9.17) is 4.74 Å². The van der Waals surface area contributed by atoms with E-state index >= 15 is 0 Å². The summed E-state index contributed by atoms with van der Waals surface area (Å²) in [5, 5.41) is 0. The molecule has 0 bridgehead atoms. The fourth-order valence-electron chi connectivity index (χ4n) is 1.26. The van der Waals surface area contributed by atoms with Gasteiger partial charge in [0.1, 0.15) is 11.9 Å². The lowest BCUT2D eigenvalue weighted by molar-refractivity contribution is 0.415. The van der Waals surface area contributed by atoms with E-state index in [2.05, 4.69) is 4.72 Å². The molecular formula is C9H10FNO3S. The van der Waals surface area contributed by atoms with Crippen molar-refractivity contribution >= 4 is 15.7 Å². The van der Waals surface area contributed by atoms with Gasteiger partial charge in [-0.2, -0.15) is 0 Å². The minimum absolute atomic E-state index is 0.0225. The highest BCUT2D eigenvalue weighted by atomic mass is 32.2. The van der Waals surface area contributed by atoms with Gasteiger partial charge in [0.15, 0.2) is 0 Å². The van der Waals surface area contributed by atoms with Crippen LogP contribution in [0.5, 0.6) is 0 Å². The van der Waals surface area contributed by atoms with Crippen LogP contribution in [0.25, 0.3) is 0 Å². The number of halogens is 1. The van der Waals surface area contributed by atoms with E-state index in [1.807, 2.05) is 0 Å². The molecule has 1 heterocycles. The largest absolute Gasteiger partial charge is 0.368 e. The second-order valence-electron chi connectivity index (χ2n) is 3.44. The van der Waals surface area contributed by atoms with Crippen LogP contribution in [-0.2, 0) is 14.8 Å². The van der Waals surface area contributed by atoms with Crippen molar-refractivity contribution in [1.82, 2.24) is 0 Å². The lowest BCUT2D eigenvalue weighted by Crippen LogP contribution is -2.11. The zero-order chi connectivity index (χ0) is 11.1. The van der Waals surface area contributed by atoms with Crippen LogP contribution in [0, 0.1) is 5.82 Å². The maximum Gasteiger partial charge on any atom is 0.229 e. The molecule has 82 valence electrons. The standard InChI is InChI=1S/C9H10FNO3S/c1-15(12,13)11-8-4-6(9-5-14-9)2-3-7(8)10/h2-4,9,11H,5H2,1H3. The molecule has 1 unspecified atom stereocenters. The van der Waals surface area contributed by atoms with E-state index < -0.39 is 15.8 Å². The van der Waals surface area contributed by atoms with Crippen LogP contribution >= 0.6 is 0 Å². The van der Waals surface area contributed by atoms with Crippen LogP contribution < -0.4 is 4.72 Å². The normalized spacial score (nSPS) is 20.0. The SMILES string of the molecule is CS(=O)(=O)Nc1cc(C2CO2)ccc1F. The average molecular weight is 231 g/mol. The number of sulfonamides is 1. The zero-order valence-electron chi connectivity index (χ0n) is 8.03. The van der Waals surface area contributed by atoms with Gasteiger partial charge < -0.3 is 4.74 Å². The minimum atomic E-state index is -3.45. The average Bonchev–Trinajstić information content (AvgIpc) is 2.89. The molecule has 4 nitrogen and oxygen atoms in total. The van der Waals surface area contributed by atoms with Crippen LogP contribution in [0.2, 0.25) is 0 Å². The van der Waals surface area contributed by atoms with Gasteiger partial charge in [0.05, 0.1) is 18.6 Å². The molecule has 0 aromatic heterocycles. The Morgan fingerprint density at radius 2 is 2.20 bits per heavy atom. The van der Waals surface area contributed by atoms with Crippen LogP contribution in [0.15, 0.2) is 18.2 Å². The lowest BCUT2D eigenvalue weighted by atomic mass is 10.1. The van der Waals surface area contributed by atoms with Crippen LogP contribution in [-0.4, -0.2) is 21.3 Å². The summed E-state index contributed by atoms with van der Waals surface area (Å²) in [4.78, 5) is 0. The van der Waals surface area contributed by atoms with Crippen molar-refractivity contribution in [2.45, 2.75) is 6.10 Å². The number of hydrogen-bond donors (Lipinski definition) is 1. The Hall–Kier alpha value is -1.14. The van der Waals surface area contributed by atoms with E-state index in [-0.39, 0.29) is 11.8 Å². The molecule has 15 heavy (non-hydrogen) atoms. The second-order valence-corrected chi connectivity index (χ2v) is 5.18. The third kappa shape index (κ3) is 2.66. The van der Waals surface area contributed by atoms with Gasteiger partial charge in [-0.3, -0.25) is 4.72 Å². The van der Waals surface area contributed by atoms with Crippen LogP contribution in [0.1, 0.15) is 11.7 Å². The van der Waals surface area contributed by atoms with Gasteiger partial charge in [0.25, 0.3) is 0 Å². The summed E-state index contributed by atoms with van der Waals surface area (Å²) in [6.45, 7) is 0.601. The fraction of sp³-hybridized carbons (Fsp3) is 0.333. The van der Waals surface area contributed by atoms with Crippen molar-refractivity contribution in [1.29, 1.82) is 0 Å². The van der Waals surface area contributed by atoms with Crippen LogP contribution in [0.3, 0.4) is 0 Å². The van der Waals surface area contributed by atoms with E-state index in [9.17, 15) is 12.8 Å². The van der Waals surface area contributed by atoms with E-state index in [0.29, 0.717) is 6.61 Å². The highest BCUT2D eigenvalue weighted by Crippen LogP contribution is 2.32. The number of rotatable bonds is 3. The smallest absolute Gasteiger partial charge is 0.229 e. The Kier molecular flexibility index (Phi) is 2.40. The van der Waals surface area contributed by atoms with Gasteiger partial charge in [0.2, 0.25) is 10.0 Å². The first-order valence-corrected chi connectivity index (χ1v) is 6.24. The van der Waals surface area contributed by atoms with Crippen molar-refractivity contribution in [2.75, 3.05) is 17.6 Å². The Morgan fingerprint density at radius 1 is 1.53 bits per heavy atom. The molecule has 1 saturated heterocycles. The first-order chi connectivity index (χ1) is 6.96. The minimum Gasteiger partial charge on any atom is -0.368 e. The Bertz CT molecular complexity index is 482. The molecule has 1 fully saturated rings. The molecule has 1 aromatic carbocycles. The van der Waals surface area contributed by atoms with Crippen molar-refractivity contribution in [3.63, 3.8) is 0 Å². The molecule has 2 rings (SSSR count). The molecule has 6 heteroatoms. The maximum absolute atomic E-state index is 13.2. The van der Waals surface area contributed by atoms with Crippen molar-refractivity contribution in [3.8, 4) is 0 Å². The Balaban J connectivity index is 2.32. The van der Waals surface area contributed by atoms with Gasteiger partial charge in [-0.25, -0.2) is 12.8 Å². The predicted molar refractivity (Wildman–Crippen MR) is 53.6 cm³/mol. The van der Waals surface area contributed by atoms with Crippen molar-refractivity contribution in [3.05, 3.63) is 29.6 Å². The lowest BCUT2D eigenvalue weighted by Gasteiger charge is -2.06. The summed E-state index contributed by atoms with van der Waals surface area (Å²) in [6.07, 6.45) is 0.956. The monoisotopic (exact) mass is 231 g/mol. The number of hydrogen-bond acceptors (Lipinski definition) is 3. The number of nitrogens with one attached hydrogen (secondary N) is 1. The van der Waals surface area contributed by atoms with Crippen molar-refractivity contribution < 1.29 is 17.5 Å². The molecule has 0 saturated carbocycles. The fourth-order valence-corrected chi connectivity index (χ4v) is 1.82. The number of anilines is 1. The van der Waals surface area contributed by atoms with Gasteiger partial charge >= 0.3 is 0 Å². The molecule has 1 N–H and O–H groups in total. The third-order valence-corrected chi connectivity index (χ3v) is 2.58. The summed E-state index contributed by atoms with van der Waals surface area (Å²) < 4.78 is 42.2. The maximum atomic E-state index is 13.2. The molecule has 1 aliphatic rings. The predicted octanol–water partition coefficient (Wildman–Crippen LogP) is 1.27. The zero-order valence-corrected chi connectivity index (χ0v) is 8.84. The summed E-state index contributed by atoms with van der Waals surface area (Å²) in [5.41, 5.74) is 0.744. The Morgan fingerprint density at radius 3 is 2.73 bits per heavy atom. The molecule has 1 aliphatic heterocycles. The number of ether oxygens (including phenoxy) is 1. The van der Waals surface area contributed by atoms with E-state index in [0.717, 1.165) is 11.8 Å². The first kappa shape index (κ1) is 10.4. The highest BCUT2D eigenvalue weighted by molar-refractivity contribution is 7.92. The van der Waals surface area contributed by atoms with E-state index in [1.54, 1.807) is 6.07 Å². The molecule has 1 atom stereocenters. The van der Waals surface area contributed by atoms with Gasteiger partial charge in [-0.15, -0.1) is 0 Å². The summed E-state index contributed by atoms with van der Waals surface area (Å²) >= 11 is 0. The quantitative estimate of drug-likeness (QED) is 0.797. The first-order valence-electron chi connectivity index (χ1n) is 4.34. The Labute approximate surface area is 87.1 Å². The molecular weight excluding hydrogens is 221 g/mol. The third-order valence-electron chi connectivity index (χ3n) is 1.99. The van der Waals surface area contributed by atoms with Gasteiger partial charge in [-0.1, -0.05) is 6.07 Å². The second kappa shape index (κ2) is 3.46. The summed E-state index contributed by atoms with van der Waals surface area (Å²) in [5.74, 6) is -0.593. The molecule has 0 spiro atoms. The number of benzene rings is 1. The van der Waals surface area contributed by atoms with Crippen LogP contribution in [0.4, 0.5) is 10.1 Å². The van der Waals surface area contributed by atoms with E-state index in [1.165, 1.54) is 12.1 Å². The highest BCUT2D eigenvalue weighted by Gasteiger charge is 2.25.